The third kappa shape index (κ3) is 5.04. The molecule has 2 atom stereocenters. The number of nitrogens with zero attached hydrogens (tertiary/aromatic N) is 3. The van der Waals surface area contributed by atoms with Crippen molar-refractivity contribution in [2.75, 3.05) is 6.54 Å². The quantitative estimate of drug-likeness (QED) is 0.341. The van der Waals surface area contributed by atoms with E-state index >= 15 is 0 Å². The molecular formula is C14H18N4O4. The van der Waals surface area contributed by atoms with Crippen molar-refractivity contribution < 1.29 is 9.72 Å². The van der Waals surface area contributed by atoms with E-state index in [1.807, 2.05) is 0 Å². The normalized spacial score (nSPS) is 14.0. The number of nitro groups is 1. The van der Waals surface area contributed by atoms with Crippen molar-refractivity contribution in [1.29, 1.82) is 0 Å². The Kier molecular flexibility index (Phi) is 6.81. The largest absolute Gasteiger partial charge is 0.349 e. The first-order valence-corrected chi connectivity index (χ1v) is 6.84. The first-order valence-electron chi connectivity index (χ1n) is 6.84. The third-order valence-corrected chi connectivity index (χ3v) is 3.22. The molecule has 22 heavy (non-hydrogen) atoms. The maximum Gasteiger partial charge on any atom is 0.251 e. The predicted molar refractivity (Wildman–Crippen MR) is 81.0 cm³/mol. The number of hydrogen-bond acceptors (Lipinski definition) is 6. The fourth-order valence-corrected chi connectivity index (χ4v) is 1.86. The molecule has 1 N–H and O–H groups in total. The van der Waals surface area contributed by atoms with Crippen LogP contribution in [-0.2, 0) is 0 Å². The minimum atomic E-state index is -0.884. The van der Waals surface area contributed by atoms with E-state index in [2.05, 4.69) is 15.5 Å². The van der Waals surface area contributed by atoms with Crippen LogP contribution < -0.4 is 5.32 Å². The molecule has 1 amide bonds. The summed E-state index contributed by atoms with van der Waals surface area (Å²) in [7, 11) is 0. The van der Waals surface area contributed by atoms with Gasteiger partial charge in [0, 0.05) is 41.9 Å². The van der Waals surface area contributed by atoms with Gasteiger partial charge in [-0.3, -0.25) is 19.9 Å². The zero-order chi connectivity index (χ0) is 16.5. The third-order valence-electron chi connectivity index (χ3n) is 3.22. The lowest BCUT2D eigenvalue weighted by molar-refractivity contribution is -0.508. The van der Waals surface area contributed by atoms with Crippen LogP contribution in [0.25, 0.3) is 0 Å². The van der Waals surface area contributed by atoms with Gasteiger partial charge < -0.3 is 5.32 Å². The average molecular weight is 306 g/mol. The molecule has 0 aliphatic heterocycles. The number of hydrogen-bond donors (Lipinski definition) is 1. The Hall–Kier alpha value is -2.64. The number of nitrogens with one attached hydrogen (secondary N) is 1. The second-order valence-electron chi connectivity index (χ2n) is 4.68. The van der Waals surface area contributed by atoms with Gasteiger partial charge in [-0.1, -0.05) is 12.1 Å². The van der Waals surface area contributed by atoms with Crippen molar-refractivity contribution in [2.24, 2.45) is 5.18 Å². The maximum atomic E-state index is 11.9. The molecule has 0 aliphatic carbocycles. The second-order valence-corrected chi connectivity index (χ2v) is 4.68. The lowest BCUT2D eigenvalue weighted by Crippen LogP contribution is -2.31. The lowest BCUT2D eigenvalue weighted by Gasteiger charge is -2.11. The highest BCUT2D eigenvalue weighted by Gasteiger charge is 2.20. The summed E-state index contributed by atoms with van der Waals surface area (Å²) >= 11 is 0. The molecule has 0 fully saturated rings. The second kappa shape index (κ2) is 8.60. The van der Waals surface area contributed by atoms with Gasteiger partial charge in [0.15, 0.2) is 0 Å². The fourth-order valence-electron chi connectivity index (χ4n) is 1.86. The SMILES string of the molecule is CCC(=CC(CNC(=O)c1ccncc1)N=O)C(C)[N+](=O)[O-]. The fraction of sp³-hybridized carbons (Fsp3) is 0.429. The highest BCUT2D eigenvalue weighted by molar-refractivity contribution is 5.93. The molecule has 2 unspecified atom stereocenters. The Bertz CT molecular complexity index is 559. The van der Waals surface area contributed by atoms with Crippen LogP contribution in [0.3, 0.4) is 0 Å². The molecule has 1 rings (SSSR count). The first-order chi connectivity index (χ1) is 10.5. The Morgan fingerprint density at radius 2 is 2.14 bits per heavy atom. The molecule has 0 saturated carbocycles. The number of nitroso groups, excluding NO2 is 1. The Morgan fingerprint density at radius 1 is 1.50 bits per heavy atom. The molecule has 1 heterocycles. The lowest BCUT2D eigenvalue weighted by atomic mass is 10.0. The van der Waals surface area contributed by atoms with E-state index < -0.39 is 17.0 Å². The predicted octanol–water partition coefficient (Wildman–Crippen LogP) is 1.95. The molecule has 0 saturated heterocycles. The monoisotopic (exact) mass is 306 g/mol. The number of pyridine rings is 1. The zero-order valence-electron chi connectivity index (χ0n) is 12.4. The summed E-state index contributed by atoms with van der Waals surface area (Å²) < 4.78 is 0. The summed E-state index contributed by atoms with van der Waals surface area (Å²) in [6.07, 6.45) is 4.86. The summed E-state index contributed by atoms with van der Waals surface area (Å²) in [6.45, 7) is 3.20. The Balaban J connectivity index is 2.70. The van der Waals surface area contributed by atoms with Crippen LogP contribution in [0.1, 0.15) is 30.6 Å². The van der Waals surface area contributed by atoms with Crippen molar-refractivity contribution in [2.45, 2.75) is 32.4 Å². The van der Waals surface area contributed by atoms with Crippen molar-refractivity contribution in [3.05, 3.63) is 56.8 Å². The molecule has 1 aromatic rings. The highest BCUT2D eigenvalue weighted by atomic mass is 16.6. The number of carbonyl (C=O) groups excluding carboxylic acids is 1. The van der Waals surface area contributed by atoms with Gasteiger partial charge in [-0.15, -0.1) is 0 Å². The van der Waals surface area contributed by atoms with Gasteiger partial charge in [-0.25, -0.2) is 0 Å². The van der Waals surface area contributed by atoms with Crippen LogP contribution >= 0.6 is 0 Å². The summed E-state index contributed by atoms with van der Waals surface area (Å²) in [4.78, 5) is 36.9. The van der Waals surface area contributed by atoms with Gasteiger partial charge in [-0.2, -0.15) is 4.91 Å². The van der Waals surface area contributed by atoms with Gasteiger partial charge in [-0.05, 0) is 24.6 Å². The van der Waals surface area contributed by atoms with Gasteiger partial charge in [0.2, 0.25) is 6.04 Å². The van der Waals surface area contributed by atoms with Crippen molar-refractivity contribution in [3.63, 3.8) is 0 Å². The molecule has 8 nitrogen and oxygen atoms in total. The molecule has 8 heteroatoms. The maximum absolute atomic E-state index is 11.9. The molecule has 0 bridgehead atoms. The topological polar surface area (TPSA) is 115 Å². The van der Waals surface area contributed by atoms with E-state index in [0.717, 1.165) is 0 Å². The number of amides is 1. The molecule has 0 radical (unpaired) electrons. The molecule has 0 aromatic carbocycles. The van der Waals surface area contributed by atoms with E-state index in [-0.39, 0.29) is 12.5 Å². The first kappa shape index (κ1) is 17.4. The van der Waals surface area contributed by atoms with Crippen molar-refractivity contribution >= 4 is 5.91 Å². The van der Waals surface area contributed by atoms with Gasteiger partial charge >= 0.3 is 0 Å². The minimum absolute atomic E-state index is 0.0153. The van der Waals surface area contributed by atoms with Crippen LogP contribution in [0.15, 0.2) is 41.4 Å². The van der Waals surface area contributed by atoms with Gasteiger partial charge in [0.1, 0.15) is 6.04 Å². The number of carbonyl (C=O) groups is 1. The van der Waals surface area contributed by atoms with E-state index in [1.54, 1.807) is 19.1 Å². The van der Waals surface area contributed by atoms with Crippen molar-refractivity contribution in [3.8, 4) is 0 Å². The molecule has 118 valence electrons. The van der Waals surface area contributed by atoms with Crippen molar-refractivity contribution in [1.82, 2.24) is 10.3 Å². The summed E-state index contributed by atoms with van der Waals surface area (Å²) in [5.74, 6) is -0.357. The van der Waals surface area contributed by atoms with E-state index in [9.17, 15) is 19.8 Å². The molecular weight excluding hydrogens is 288 g/mol. The standard InChI is InChI=1S/C14H18N4O4/c1-3-11(10(2)18(21)22)8-13(17-20)9-16-14(19)12-4-6-15-7-5-12/h4-8,10,13H,3,9H2,1-2H3,(H,16,19). The molecule has 0 spiro atoms. The Labute approximate surface area is 127 Å². The van der Waals surface area contributed by atoms with E-state index in [0.29, 0.717) is 17.6 Å². The van der Waals surface area contributed by atoms with Gasteiger partial charge in [0.25, 0.3) is 5.91 Å². The summed E-state index contributed by atoms with van der Waals surface area (Å²) in [5, 5.41) is 16.3. The average Bonchev–Trinajstić information content (AvgIpc) is 2.55. The molecule has 1 aromatic heterocycles. The zero-order valence-corrected chi connectivity index (χ0v) is 12.4. The highest BCUT2D eigenvalue weighted by Crippen LogP contribution is 2.12. The van der Waals surface area contributed by atoms with Crippen LogP contribution in [0, 0.1) is 15.0 Å². The Morgan fingerprint density at radius 3 is 2.64 bits per heavy atom. The van der Waals surface area contributed by atoms with Gasteiger partial charge in [0.05, 0.1) is 0 Å². The van der Waals surface area contributed by atoms with Crippen LogP contribution in [0.4, 0.5) is 0 Å². The minimum Gasteiger partial charge on any atom is -0.349 e. The van der Waals surface area contributed by atoms with Crippen LogP contribution in [0.5, 0.6) is 0 Å². The summed E-state index contributed by atoms with van der Waals surface area (Å²) in [6, 6.07) is 1.36. The van der Waals surface area contributed by atoms with Crippen LogP contribution in [-0.4, -0.2) is 34.4 Å². The van der Waals surface area contributed by atoms with E-state index in [4.69, 9.17) is 0 Å². The molecule has 0 aliphatic rings. The van der Waals surface area contributed by atoms with Crippen LogP contribution in [0.2, 0.25) is 0 Å². The summed E-state index contributed by atoms with van der Waals surface area (Å²) in [5.41, 5.74) is 0.922. The number of aromatic nitrogens is 1. The van der Waals surface area contributed by atoms with E-state index in [1.165, 1.54) is 25.4 Å². The smallest absolute Gasteiger partial charge is 0.251 e. The number of rotatable bonds is 8.